The van der Waals surface area contributed by atoms with Gasteiger partial charge in [-0.25, -0.2) is 0 Å². The number of benzene rings is 1. The number of hydrogen-bond acceptors (Lipinski definition) is 2. The SMILES string of the molecule is Brc1ccc(NC2CSC2)c(Br)c1. The maximum Gasteiger partial charge on any atom is 0.0488 e. The number of halogens is 2. The van der Waals surface area contributed by atoms with E-state index in [1.165, 1.54) is 17.2 Å². The van der Waals surface area contributed by atoms with Crippen LogP contribution in [0.25, 0.3) is 0 Å². The molecule has 0 unspecified atom stereocenters. The van der Waals surface area contributed by atoms with Crippen molar-refractivity contribution in [3.05, 3.63) is 27.1 Å². The molecule has 1 fully saturated rings. The Morgan fingerprint density at radius 1 is 1.31 bits per heavy atom. The van der Waals surface area contributed by atoms with Crippen molar-refractivity contribution in [3.63, 3.8) is 0 Å². The molecule has 70 valence electrons. The normalized spacial score (nSPS) is 16.8. The van der Waals surface area contributed by atoms with E-state index in [9.17, 15) is 0 Å². The highest BCUT2D eigenvalue weighted by Crippen LogP contribution is 2.29. The summed E-state index contributed by atoms with van der Waals surface area (Å²) < 4.78 is 2.23. The van der Waals surface area contributed by atoms with Crippen molar-refractivity contribution in [3.8, 4) is 0 Å². The van der Waals surface area contributed by atoms with Gasteiger partial charge in [-0.3, -0.25) is 0 Å². The van der Waals surface area contributed by atoms with Crippen molar-refractivity contribution in [2.24, 2.45) is 0 Å². The molecule has 0 radical (unpaired) electrons. The van der Waals surface area contributed by atoms with E-state index in [-0.39, 0.29) is 0 Å². The number of hydrogen-bond donors (Lipinski definition) is 1. The fourth-order valence-electron chi connectivity index (χ4n) is 1.15. The Morgan fingerprint density at radius 2 is 2.08 bits per heavy atom. The highest BCUT2D eigenvalue weighted by Gasteiger charge is 2.18. The molecule has 1 nitrogen and oxygen atoms in total. The van der Waals surface area contributed by atoms with Crippen LogP contribution in [0.2, 0.25) is 0 Å². The van der Waals surface area contributed by atoms with E-state index in [0.29, 0.717) is 6.04 Å². The smallest absolute Gasteiger partial charge is 0.0488 e. The van der Waals surface area contributed by atoms with Crippen LogP contribution in [0.3, 0.4) is 0 Å². The van der Waals surface area contributed by atoms with Gasteiger partial charge in [-0.05, 0) is 34.1 Å². The van der Waals surface area contributed by atoms with Crippen LogP contribution in [0.5, 0.6) is 0 Å². The lowest BCUT2D eigenvalue weighted by Gasteiger charge is -2.27. The summed E-state index contributed by atoms with van der Waals surface area (Å²) in [6.07, 6.45) is 0. The standard InChI is InChI=1S/C9H9Br2NS/c10-6-1-2-9(8(11)3-6)12-7-4-13-5-7/h1-3,7,12H,4-5H2. The second-order valence-electron chi connectivity index (χ2n) is 3.00. The molecule has 1 aromatic rings. The maximum absolute atomic E-state index is 3.53. The van der Waals surface area contributed by atoms with Crippen molar-refractivity contribution in [2.45, 2.75) is 6.04 Å². The van der Waals surface area contributed by atoms with Gasteiger partial charge < -0.3 is 5.32 Å². The molecular formula is C9H9Br2NS. The van der Waals surface area contributed by atoms with Crippen molar-refractivity contribution >= 4 is 49.3 Å². The summed E-state index contributed by atoms with van der Waals surface area (Å²) in [5.41, 5.74) is 1.19. The fraction of sp³-hybridized carbons (Fsp3) is 0.333. The van der Waals surface area contributed by atoms with Gasteiger partial charge in [0.2, 0.25) is 0 Å². The minimum Gasteiger partial charge on any atom is -0.380 e. The molecule has 0 aromatic heterocycles. The van der Waals surface area contributed by atoms with E-state index in [1.807, 2.05) is 11.8 Å². The van der Waals surface area contributed by atoms with E-state index in [1.54, 1.807) is 0 Å². The van der Waals surface area contributed by atoms with Gasteiger partial charge in [-0.2, -0.15) is 11.8 Å². The number of thioether (sulfide) groups is 1. The third-order valence-corrected chi connectivity index (χ3v) is 4.35. The molecule has 1 saturated heterocycles. The first-order valence-electron chi connectivity index (χ1n) is 4.05. The predicted octanol–water partition coefficient (Wildman–Crippen LogP) is 3.74. The first kappa shape index (κ1) is 9.87. The van der Waals surface area contributed by atoms with Gasteiger partial charge in [-0.1, -0.05) is 15.9 Å². The lowest BCUT2D eigenvalue weighted by atomic mass is 10.3. The second-order valence-corrected chi connectivity index (χ2v) is 5.85. The maximum atomic E-state index is 3.53. The van der Waals surface area contributed by atoms with Crippen LogP contribution in [0.4, 0.5) is 5.69 Å². The van der Waals surface area contributed by atoms with Crippen molar-refractivity contribution < 1.29 is 0 Å². The second kappa shape index (κ2) is 4.24. The van der Waals surface area contributed by atoms with Crippen molar-refractivity contribution in [1.29, 1.82) is 0 Å². The van der Waals surface area contributed by atoms with Crippen LogP contribution < -0.4 is 5.32 Å². The van der Waals surface area contributed by atoms with Gasteiger partial charge in [-0.15, -0.1) is 0 Å². The first-order valence-corrected chi connectivity index (χ1v) is 6.79. The average molecular weight is 323 g/mol. The predicted molar refractivity (Wildman–Crippen MR) is 66.6 cm³/mol. The van der Waals surface area contributed by atoms with Crippen LogP contribution in [0.1, 0.15) is 0 Å². The molecule has 1 N–H and O–H groups in total. The third-order valence-electron chi connectivity index (χ3n) is 1.93. The Labute approximate surface area is 98.9 Å². The largest absolute Gasteiger partial charge is 0.380 e. The molecule has 0 bridgehead atoms. The van der Waals surface area contributed by atoms with Crippen LogP contribution in [-0.2, 0) is 0 Å². The molecule has 1 aliphatic rings. The Hall–Kier alpha value is 0.330. The quantitative estimate of drug-likeness (QED) is 0.890. The van der Waals surface area contributed by atoms with Gasteiger partial charge in [0.05, 0.1) is 0 Å². The summed E-state index contributed by atoms with van der Waals surface area (Å²) in [6.45, 7) is 0. The van der Waals surface area contributed by atoms with Crippen LogP contribution in [-0.4, -0.2) is 17.5 Å². The zero-order valence-electron chi connectivity index (χ0n) is 6.89. The minimum absolute atomic E-state index is 0.655. The third kappa shape index (κ3) is 2.42. The van der Waals surface area contributed by atoms with Crippen molar-refractivity contribution in [1.82, 2.24) is 0 Å². The monoisotopic (exact) mass is 321 g/mol. The summed E-state index contributed by atoms with van der Waals surface area (Å²) in [5, 5.41) is 3.49. The molecule has 0 saturated carbocycles. The Kier molecular flexibility index (Phi) is 3.22. The lowest BCUT2D eigenvalue weighted by Crippen LogP contribution is -2.33. The highest BCUT2D eigenvalue weighted by atomic mass is 79.9. The lowest BCUT2D eigenvalue weighted by molar-refractivity contribution is 0.881. The molecule has 0 atom stereocenters. The Balaban J connectivity index is 2.10. The molecule has 1 aromatic carbocycles. The van der Waals surface area contributed by atoms with Crippen LogP contribution >= 0.6 is 43.6 Å². The van der Waals surface area contributed by atoms with E-state index in [2.05, 4.69) is 55.4 Å². The number of anilines is 1. The van der Waals surface area contributed by atoms with Gasteiger partial charge in [0.25, 0.3) is 0 Å². The van der Waals surface area contributed by atoms with Gasteiger partial charge in [0.15, 0.2) is 0 Å². The average Bonchev–Trinajstić information content (AvgIpc) is 1.99. The van der Waals surface area contributed by atoms with Crippen molar-refractivity contribution in [2.75, 3.05) is 16.8 Å². The zero-order chi connectivity index (χ0) is 9.26. The fourth-order valence-corrected chi connectivity index (χ4v) is 2.95. The van der Waals surface area contributed by atoms with E-state index in [0.717, 1.165) is 8.95 Å². The molecule has 1 heterocycles. The van der Waals surface area contributed by atoms with Gasteiger partial charge >= 0.3 is 0 Å². The zero-order valence-corrected chi connectivity index (χ0v) is 10.9. The summed E-state index contributed by atoms with van der Waals surface area (Å²) in [4.78, 5) is 0. The van der Waals surface area contributed by atoms with Crippen LogP contribution in [0, 0.1) is 0 Å². The highest BCUT2D eigenvalue weighted by molar-refractivity contribution is 9.11. The summed E-state index contributed by atoms with van der Waals surface area (Å²) >= 11 is 8.95. The molecule has 0 aliphatic carbocycles. The summed E-state index contributed by atoms with van der Waals surface area (Å²) in [6, 6.07) is 6.87. The molecule has 0 amide bonds. The molecule has 1 aliphatic heterocycles. The van der Waals surface area contributed by atoms with Gasteiger partial charge in [0, 0.05) is 32.2 Å². The molecule has 0 spiro atoms. The van der Waals surface area contributed by atoms with E-state index < -0.39 is 0 Å². The topological polar surface area (TPSA) is 12.0 Å². The van der Waals surface area contributed by atoms with E-state index in [4.69, 9.17) is 0 Å². The van der Waals surface area contributed by atoms with Gasteiger partial charge in [0.1, 0.15) is 0 Å². The number of rotatable bonds is 2. The first-order chi connectivity index (χ1) is 6.25. The van der Waals surface area contributed by atoms with Crippen LogP contribution in [0.15, 0.2) is 27.1 Å². The summed E-state index contributed by atoms with van der Waals surface area (Å²) in [5.74, 6) is 2.45. The van der Waals surface area contributed by atoms with E-state index >= 15 is 0 Å². The molecule has 2 rings (SSSR count). The Bertz CT molecular complexity index is 312. The molecule has 4 heteroatoms. The Morgan fingerprint density at radius 3 is 2.62 bits per heavy atom. The summed E-state index contributed by atoms with van der Waals surface area (Å²) in [7, 11) is 0. The molecular weight excluding hydrogens is 314 g/mol. The minimum atomic E-state index is 0.655. The molecule has 13 heavy (non-hydrogen) atoms. The number of nitrogens with one attached hydrogen (secondary N) is 1.